The molecule has 3 N–H and O–H groups in total. The summed E-state index contributed by atoms with van der Waals surface area (Å²) in [7, 11) is -3.52. The maximum absolute atomic E-state index is 13.2. The van der Waals surface area contributed by atoms with Gasteiger partial charge in [-0.3, -0.25) is 9.69 Å². The lowest BCUT2D eigenvalue weighted by atomic mass is 10.1. The Balaban J connectivity index is 1.59. The molecule has 0 saturated carbocycles. The first-order valence-corrected chi connectivity index (χ1v) is 13.5. The van der Waals surface area contributed by atoms with Gasteiger partial charge < -0.3 is 15.4 Å². The van der Waals surface area contributed by atoms with E-state index in [1.807, 2.05) is 6.92 Å². The molecule has 8 nitrogen and oxygen atoms in total. The number of nitrogens with two attached hydrogens (primary N) is 1. The summed E-state index contributed by atoms with van der Waals surface area (Å²) in [5, 5.41) is 0.427. The van der Waals surface area contributed by atoms with Crippen LogP contribution in [0.1, 0.15) is 25.0 Å². The number of amides is 1. The number of hydrogen-bond acceptors (Lipinski definition) is 6. The van der Waals surface area contributed by atoms with Crippen LogP contribution in [0.25, 0.3) is 0 Å². The van der Waals surface area contributed by atoms with Gasteiger partial charge in [0.2, 0.25) is 10.0 Å². The molecule has 2 aromatic rings. The van der Waals surface area contributed by atoms with Crippen LogP contribution in [0.3, 0.4) is 0 Å². The molecule has 2 aromatic carbocycles. The van der Waals surface area contributed by atoms with Crippen molar-refractivity contribution in [2.75, 3.05) is 32.0 Å². The van der Waals surface area contributed by atoms with Crippen molar-refractivity contribution >= 4 is 27.5 Å². The minimum atomic E-state index is -3.52. The van der Waals surface area contributed by atoms with E-state index in [1.54, 1.807) is 35.2 Å². The summed E-state index contributed by atoms with van der Waals surface area (Å²) in [5.41, 5.74) is 6.88. The number of sulfonamides is 1. The van der Waals surface area contributed by atoms with Crippen molar-refractivity contribution < 1.29 is 22.3 Å². The number of carbonyl (C=O) groups is 1. The molecule has 1 heterocycles. The van der Waals surface area contributed by atoms with Crippen LogP contribution in [0, 0.1) is 5.82 Å². The molecular weight excluding hydrogens is 495 g/mol. The lowest BCUT2D eigenvalue weighted by Crippen LogP contribution is -2.58. The van der Waals surface area contributed by atoms with Gasteiger partial charge in [0.05, 0.1) is 5.75 Å². The quantitative estimate of drug-likeness (QED) is 0.492. The van der Waals surface area contributed by atoms with Gasteiger partial charge in [-0.15, -0.1) is 0 Å². The standard InChI is InChI=1S/C24H32ClFN4O4S/c1-17-14-30(18(2)13-29(17)15-19-3-6-22(26)7-4-19)24(31)16-34-23-8-5-21(25)11-20(23)12-28-35(32,33)10-9-27/h3-8,11,17-18,28H,9-10,12-16,27H2,1-2H3. The molecule has 0 spiro atoms. The molecule has 0 radical (unpaired) electrons. The smallest absolute Gasteiger partial charge is 0.260 e. The summed E-state index contributed by atoms with van der Waals surface area (Å²) >= 11 is 6.08. The van der Waals surface area contributed by atoms with E-state index in [9.17, 15) is 17.6 Å². The Kier molecular flexibility index (Phi) is 9.48. The highest BCUT2D eigenvalue weighted by atomic mass is 35.5. The fraction of sp³-hybridized carbons (Fsp3) is 0.458. The van der Waals surface area contributed by atoms with E-state index in [1.165, 1.54) is 12.1 Å². The molecule has 1 aliphatic rings. The van der Waals surface area contributed by atoms with E-state index in [4.69, 9.17) is 22.1 Å². The van der Waals surface area contributed by atoms with Gasteiger partial charge in [-0.25, -0.2) is 17.5 Å². The summed E-state index contributed by atoms with van der Waals surface area (Å²) in [6.45, 7) is 5.75. The zero-order valence-corrected chi connectivity index (χ0v) is 21.5. The number of carbonyl (C=O) groups excluding carboxylic acids is 1. The predicted molar refractivity (Wildman–Crippen MR) is 134 cm³/mol. The SMILES string of the molecule is CC1CN(C(=O)COc2ccc(Cl)cc2CNS(=O)(=O)CCN)C(C)CN1Cc1ccc(F)cc1. The van der Waals surface area contributed by atoms with E-state index in [2.05, 4.69) is 16.5 Å². The van der Waals surface area contributed by atoms with Gasteiger partial charge in [-0.05, 0) is 49.7 Å². The van der Waals surface area contributed by atoms with Crippen LogP contribution in [0.5, 0.6) is 5.75 Å². The average molecular weight is 527 g/mol. The summed E-state index contributed by atoms with van der Waals surface area (Å²) < 4.78 is 45.4. The van der Waals surface area contributed by atoms with Crippen LogP contribution in [-0.2, 0) is 27.9 Å². The van der Waals surface area contributed by atoms with E-state index in [-0.39, 0.29) is 49.3 Å². The van der Waals surface area contributed by atoms with E-state index in [0.29, 0.717) is 36.0 Å². The first kappa shape index (κ1) is 27.3. The second-order valence-electron chi connectivity index (χ2n) is 8.77. The molecule has 1 fully saturated rings. The topological polar surface area (TPSA) is 105 Å². The van der Waals surface area contributed by atoms with Crippen LogP contribution in [0.15, 0.2) is 42.5 Å². The molecule has 0 bridgehead atoms. The third-order valence-electron chi connectivity index (χ3n) is 5.98. The van der Waals surface area contributed by atoms with Gasteiger partial charge >= 0.3 is 0 Å². The van der Waals surface area contributed by atoms with Crippen molar-refractivity contribution in [2.45, 2.75) is 39.0 Å². The Labute approximate surface area is 211 Å². The van der Waals surface area contributed by atoms with Crippen molar-refractivity contribution in [2.24, 2.45) is 5.73 Å². The molecule has 192 valence electrons. The Bertz CT molecular complexity index is 1120. The lowest BCUT2D eigenvalue weighted by molar-refractivity contribution is -0.139. The summed E-state index contributed by atoms with van der Waals surface area (Å²) in [6, 6.07) is 11.4. The number of benzene rings is 2. The monoisotopic (exact) mass is 526 g/mol. The molecule has 35 heavy (non-hydrogen) atoms. The molecule has 1 saturated heterocycles. The van der Waals surface area contributed by atoms with Gasteiger partial charge in [0.25, 0.3) is 5.91 Å². The highest BCUT2D eigenvalue weighted by Crippen LogP contribution is 2.24. The minimum absolute atomic E-state index is 0.0104. The van der Waals surface area contributed by atoms with Crippen LogP contribution in [0.4, 0.5) is 4.39 Å². The molecule has 2 atom stereocenters. The first-order chi connectivity index (χ1) is 16.6. The molecule has 0 aromatic heterocycles. The highest BCUT2D eigenvalue weighted by molar-refractivity contribution is 7.89. The normalized spacial score (nSPS) is 19.1. The number of rotatable bonds is 10. The number of piperazine rings is 1. The number of hydrogen-bond donors (Lipinski definition) is 2. The van der Waals surface area contributed by atoms with E-state index < -0.39 is 10.0 Å². The number of halogens is 2. The van der Waals surface area contributed by atoms with Crippen molar-refractivity contribution in [3.63, 3.8) is 0 Å². The Morgan fingerprint density at radius 1 is 1.17 bits per heavy atom. The Hall–Kier alpha value is -2.24. The summed E-state index contributed by atoms with van der Waals surface area (Å²) in [6.07, 6.45) is 0. The van der Waals surface area contributed by atoms with E-state index in [0.717, 1.165) is 5.56 Å². The third-order valence-corrected chi connectivity index (χ3v) is 7.57. The summed E-state index contributed by atoms with van der Waals surface area (Å²) in [4.78, 5) is 17.1. The van der Waals surface area contributed by atoms with Gasteiger partial charge in [0.1, 0.15) is 11.6 Å². The molecule has 0 aliphatic carbocycles. The van der Waals surface area contributed by atoms with Crippen LogP contribution >= 0.6 is 11.6 Å². The predicted octanol–water partition coefficient (Wildman–Crippen LogP) is 2.36. The minimum Gasteiger partial charge on any atom is -0.483 e. The number of nitrogens with zero attached hydrogens (tertiary/aromatic N) is 2. The molecule has 11 heteroatoms. The second-order valence-corrected chi connectivity index (χ2v) is 11.1. The Morgan fingerprint density at radius 2 is 1.89 bits per heavy atom. The van der Waals surface area contributed by atoms with Gasteiger partial charge in [0, 0.05) is 55.4 Å². The fourth-order valence-corrected chi connectivity index (χ4v) is 5.08. The maximum Gasteiger partial charge on any atom is 0.260 e. The zero-order chi connectivity index (χ0) is 25.6. The molecule has 2 unspecified atom stereocenters. The van der Waals surface area contributed by atoms with E-state index >= 15 is 0 Å². The molecular formula is C24H32ClFN4O4S. The fourth-order valence-electron chi connectivity index (χ4n) is 4.05. The first-order valence-electron chi connectivity index (χ1n) is 11.4. The average Bonchev–Trinajstić information content (AvgIpc) is 2.80. The Morgan fingerprint density at radius 3 is 2.57 bits per heavy atom. The van der Waals surface area contributed by atoms with Crippen molar-refractivity contribution in [3.05, 3.63) is 64.4 Å². The molecule has 1 amide bonds. The van der Waals surface area contributed by atoms with Gasteiger partial charge in [-0.2, -0.15) is 0 Å². The molecule has 1 aliphatic heterocycles. The largest absolute Gasteiger partial charge is 0.483 e. The molecule has 3 rings (SSSR count). The third kappa shape index (κ3) is 7.88. The second kappa shape index (κ2) is 12.1. The van der Waals surface area contributed by atoms with Gasteiger partial charge in [-0.1, -0.05) is 23.7 Å². The van der Waals surface area contributed by atoms with Crippen molar-refractivity contribution in [1.82, 2.24) is 14.5 Å². The zero-order valence-electron chi connectivity index (χ0n) is 19.9. The van der Waals surface area contributed by atoms with Crippen LogP contribution < -0.4 is 15.2 Å². The lowest BCUT2D eigenvalue weighted by Gasteiger charge is -2.44. The maximum atomic E-state index is 13.2. The van der Waals surface area contributed by atoms with Crippen LogP contribution in [0.2, 0.25) is 5.02 Å². The van der Waals surface area contributed by atoms with Gasteiger partial charge in [0.15, 0.2) is 6.61 Å². The number of ether oxygens (including phenoxy) is 1. The van der Waals surface area contributed by atoms with Crippen molar-refractivity contribution in [3.8, 4) is 5.75 Å². The highest BCUT2D eigenvalue weighted by Gasteiger charge is 2.32. The number of nitrogens with one attached hydrogen (secondary N) is 1. The summed E-state index contributed by atoms with van der Waals surface area (Å²) in [5.74, 6) is -0.225. The van der Waals surface area contributed by atoms with Crippen molar-refractivity contribution in [1.29, 1.82) is 0 Å². The van der Waals surface area contributed by atoms with Crippen LogP contribution in [-0.4, -0.2) is 68.2 Å².